The molecule has 0 saturated carbocycles. The van der Waals surface area contributed by atoms with E-state index < -0.39 is 0 Å². The molecule has 1 aromatic heterocycles. The van der Waals surface area contributed by atoms with Gasteiger partial charge >= 0.3 is 0 Å². The lowest BCUT2D eigenvalue weighted by molar-refractivity contribution is 0.240. The van der Waals surface area contributed by atoms with Crippen molar-refractivity contribution in [1.82, 2.24) is 10.5 Å². The Balaban J connectivity index is 2.37. The highest BCUT2D eigenvalue weighted by Crippen LogP contribution is 2.14. The zero-order valence-corrected chi connectivity index (χ0v) is 10.3. The molecule has 0 bridgehead atoms. The number of hydrogen-bond acceptors (Lipinski definition) is 4. The van der Waals surface area contributed by atoms with Gasteiger partial charge in [-0.3, -0.25) is 10.7 Å². The van der Waals surface area contributed by atoms with Crippen molar-refractivity contribution < 1.29 is 9.94 Å². The first kappa shape index (κ1) is 13.4. The molecule has 5 nitrogen and oxygen atoms in total. The second-order valence-corrected chi connectivity index (χ2v) is 3.89. The molecule has 0 aliphatic carbocycles. The zero-order chi connectivity index (χ0) is 12.5. The lowest BCUT2D eigenvalue weighted by Crippen LogP contribution is -2.04. The first-order valence-corrected chi connectivity index (χ1v) is 5.77. The van der Waals surface area contributed by atoms with E-state index in [1.165, 1.54) is 12.8 Å². The summed E-state index contributed by atoms with van der Waals surface area (Å²) in [4.78, 5) is 7.99. The van der Waals surface area contributed by atoms with E-state index in [1.807, 2.05) is 5.48 Å². The molecule has 2 N–H and O–H groups in total. The predicted molar refractivity (Wildman–Crippen MR) is 66.9 cm³/mol. The average molecular weight is 237 g/mol. The molecule has 1 rings (SSSR count). The molecule has 17 heavy (non-hydrogen) atoms. The van der Waals surface area contributed by atoms with Crippen LogP contribution in [-0.4, -0.2) is 23.1 Å². The average Bonchev–Trinajstić information content (AvgIpc) is 2.37. The second kappa shape index (κ2) is 7.62. The minimum atomic E-state index is 0.601. The van der Waals surface area contributed by atoms with Gasteiger partial charge in [-0.25, -0.2) is 9.98 Å². The number of nitrogens with zero attached hydrogens (tertiary/aromatic N) is 2. The molecule has 0 amide bonds. The number of aliphatic imine (C=N–C) groups is 1. The van der Waals surface area contributed by atoms with Gasteiger partial charge in [0.05, 0.1) is 18.5 Å². The van der Waals surface area contributed by atoms with E-state index in [9.17, 15) is 0 Å². The van der Waals surface area contributed by atoms with Gasteiger partial charge in [0, 0.05) is 6.07 Å². The van der Waals surface area contributed by atoms with Gasteiger partial charge in [0.1, 0.15) is 6.34 Å². The van der Waals surface area contributed by atoms with Crippen LogP contribution in [0.25, 0.3) is 0 Å². The topological polar surface area (TPSA) is 66.7 Å². The molecule has 0 spiro atoms. The third kappa shape index (κ3) is 5.31. The number of ether oxygens (including phenoxy) is 1. The van der Waals surface area contributed by atoms with Gasteiger partial charge in [-0.1, -0.05) is 20.3 Å². The summed E-state index contributed by atoms with van der Waals surface area (Å²) in [7, 11) is 0. The molecule has 5 heteroatoms. The quantitative estimate of drug-likeness (QED) is 0.434. The second-order valence-electron chi connectivity index (χ2n) is 3.89. The van der Waals surface area contributed by atoms with Crippen molar-refractivity contribution in [2.24, 2.45) is 10.9 Å². The van der Waals surface area contributed by atoms with Gasteiger partial charge in [0.15, 0.2) is 0 Å². The third-order valence-corrected chi connectivity index (χ3v) is 2.55. The fourth-order valence-electron chi connectivity index (χ4n) is 1.21. The van der Waals surface area contributed by atoms with E-state index in [0.717, 1.165) is 6.42 Å². The van der Waals surface area contributed by atoms with Crippen LogP contribution in [0.3, 0.4) is 0 Å². The van der Waals surface area contributed by atoms with E-state index in [4.69, 9.17) is 9.94 Å². The first-order chi connectivity index (χ1) is 8.26. The number of hydroxylamine groups is 1. The molecule has 94 valence electrons. The number of aromatic nitrogens is 1. The van der Waals surface area contributed by atoms with Crippen LogP contribution in [0, 0.1) is 5.92 Å². The first-order valence-electron chi connectivity index (χ1n) is 5.77. The minimum absolute atomic E-state index is 0.601. The van der Waals surface area contributed by atoms with Crippen LogP contribution in [0.1, 0.15) is 26.7 Å². The van der Waals surface area contributed by atoms with Crippen molar-refractivity contribution in [1.29, 1.82) is 0 Å². The highest BCUT2D eigenvalue weighted by atomic mass is 16.5. The Morgan fingerprint density at radius 1 is 1.59 bits per heavy atom. The molecule has 1 heterocycles. The Hall–Kier alpha value is -1.62. The molecule has 0 aromatic carbocycles. The van der Waals surface area contributed by atoms with Crippen molar-refractivity contribution >= 4 is 12.0 Å². The Labute approximate surface area is 102 Å². The SMILES string of the molecule is CCC(C)CCOc1ccc(N=CNO)cn1. The molecule has 1 aromatic rings. The van der Waals surface area contributed by atoms with E-state index >= 15 is 0 Å². The van der Waals surface area contributed by atoms with Crippen molar-refractivity contribution in [2.45, 2.75) is 26.7 Å². The summed E-state index contributed by atoms with van der Waals surface area (Å²) in [5.41, 5.74) is 2.49. The van der Waals surface area contributed by atoms with Crippen molar-refractivity contribution in [2.75, 3.05) is 6.61 Å². The van der Waals surface area contributed by atoms with Gasteiger partial charge in [0.2, 0.25) is 5.88 Å². The molecule has 1 unspecified atom stereocenters. The van der Waals surface area contributed by atoms with Crippen LogP contribution in [0.2, 0.25) is 0 Å². The van der Waals surface area contributed by atoms with Gasteiger partial charge in [-0.15, -0.1) is 0 Å². The lowest BCUT2D eigenvalue weighted by atomic mass is 10.1. The highest BCUT2D eigenvalue weighted by Gasteiger charge is 2.00. The molecule has 0 saturated heterocycles. The van der Waals surface area contributed by atoms with E-state index in [1.54, 1.807) is 18.3 Å². The predicted octanol–water partition coefficient (Wildman–Crippen LogP) is 2.54. The van der Waals surface area contributed by atoms with Gasteiger partial charge in [-0.05, 0) is 18.4 Å². The smallest absolute Gasteiger partial charge is 0.213 e. The monoisotopic (exact) mass is 237 g/mol. The summed E-state index contributed by atoms with van der Waals surface area (Å²) in [6, 6.07) is 3.54. The van der Waals surface area contributed by atoms with Crippen LogP contribution in [0.5, 0.6) is 5.88 Å². The van der Waals surface area contributed by atoms with Crippen molar-refractivity contribution in [3.05, 3.63) is 18.3 Å². The zero-order valence-electron chi connectivity index (χ0n) is 10.3. The van der Waals surface area contributed by atoms with Crippen LogP contribution in [0.4, 0.5) is 5.69 Å². The number of rotatable bonds is 7. The van der Waals surface area contributed by atoms with Gasteiger partial charge in [-0.2, -0.15) is 0 Å². The Morgan fingerprint density at radius 2 is 2.41 bits per heavy atom. The van der Waals surface area contributed by atoms with E-state index in [-0.39, 0.29) is 0 Å². The maximum atomic E-state index is 8.33. The van der Waals surface area contributed by atoms with Crippen LogP contribution in [-0.2, 0) is 0 Å². The van der Waals surface area contributed by atoms with Crippen LogP contribution >= 0.6 is 0 Å². The number of pyridine rings is 1. The molecule has 1 atom stereocenters. The molecule has 0 aliphatic rings. The van der Waals surface area contributed by atoms with Crippen LogP contribution < -0.4 is 10.2 Å². The maximum Gasteiger partial charge on any atom is 0.213 e. The lowest BCUT2D eigenvalue weighted by Gasteiger charge is -2.09. The summed E-state index contributed by atoms with van der Waals surface area (Å²) >= 11 is 0. The Kier molecular flexibility index (Phi) is 6.03. The maximum absolute atomic E-state index is 8.33. The van der Waals surface area contributed by atoms with E-state index in [0.29, 0.717) is 24.1 Å². The van der Waals surface area contributed by atoms with Gasteiger partial charge in [0.25, 0.3) is 0 Å². The van der Waals surface area contributed by atoms with Crippen molar-refractivity contribution in [3.63, 3.8) is 0 Å². The van der Waals surface area contributed by atoms with Gasteiger partial charge < -0.3 is 4.74 Å². The van der Waals surface area contributed by atoms with Crippen LogP contribution in [0.15, 0.2) is 23.3 Å². The Morgan fingerprint density at radius 3 is 3.00 bits per heavy atom. The fourth-order valence-corrected chi connectivity index (χ4v) is 1.21. The molecular weight excluding hydrogens is 218 g/mol. The largest absolute Gasteiger partial charge is 0.478 e. The standard InChI is InChI=1S/C12H19N3O2/c1-3-10(2)6-7-17-12-5-4-11(8-13-12)14-9-15-16/h4-5,8-10,16H,3,6-7H2,1-2H3,(H,14,15). The molecule has 0 fully saturated rings. The fraction of sp³-hybridized carbons (Fsp3) is 0.500. The molecule has 0 aliphatic heterocycles. The summed E-state index contributed by atoms with van der Waals surface area (Å²) in [5, 5.41) is 8.33. The molecule has 0 radical (unpaired) electrons. The summed E-state index contributed by atoms with van der Waals surface area (Å²) in [6.45, 7) is 5.06. The number of hydrogen-bond donors (Lipinski definition) is 2. The molecular formula is C12H19N3O2. The van der Waals surface area contributed by atoms with Crippen molar-refractivity contribution in [3.8, 4) is 5.88 Å². The number of nitrogens with one attached hydrogen (secondary N) is 1. The summed E-state index contributed by atoms with van der Waals surface area (Å²) < 4.78 is 5.51. The summed E-state index contributed by atoms with van der Waals surface area (Å²) in [5.74, 6) is 1.28. The van der Waals surface area contributed by atoms with E-state index in [2.05, 4.69) is 23.8 Å². The normalized spacial score (nSPS) is 12.6. The summed E-state index contributed by atoms with van der Waals surface area (Å²) in [6.07, 6.45) is 4.97. The third-order valence-electron chi connectivity index (χ3n) is 2.55. The highest BCUT2D eigenvalue weighted by molar-refractivity contribution is 5.59. The Bertz CT molecular complexity index is 338. The minimum Gasteiger partial charge on any atom is -0.478 e.